The highest BCUT2D eigenvalue weighted by Gasteiger charge is 1.99. The molecular weight excluding hydrogens is 271 g/mol. The predicted octanol–water partition coefficient (Wildman–Crippen LogP) is 4.30. The molecule has 0 amide bonds. The van der Waals surface area contributed by atoms with E-state index >= 15 is 0 Å². The van der Waals surface area contributed by atoms with Crippen molar-refractivity contribution in [1.29, 1.82) is 0 Å². The summed E-state index contributed by atoms with van der Waals surface area (Å²) in [6.45, 7) is 0. The van der Waals surface area contributed by atoms with Crippen molar-refractivity contribution in [1.82, 2.24) is 9.55 Å². The van der Waals surface area contributed by atoms with E-state index in [1.807, 2.05) is 10.8 Å². The van der Waals surface area contributed by atoms with E-state index in [4.69, 9.17) is 0 Å². The zero-order valence-corrected chi connectivity index (χ0v) is 11.6. The lowest BCUT2D eigenvalue weighted by Gasteiger charge is -2.05. The number of hydrogen-bond acceptors (Lipinski definition) is 2. The van der Waals surface area contributed by atoms with Crippen LogP contribution in [0.25, 0.3) is 5.69 Å². The Hall–Kier alpha value is -2.07. The molecule has 0 spiro atoms. The van der Waals surface area contributed by atoms with E-state index in [1.54, 1.807) is 36.4 Å². The van der Waals surface area contributed by atoms with Crippen LogP contribution in [-0.4, -0.2) is 9.55 Å². The molecular formula is C16H13FN2S. The molecule has 0 unspecified atom stereocenters. The summed E-state index contributed by atoms with van der Waals surface area (Å²) in [5.41, 5.74) is 2.33. The van der Waals surface area contributed by atoms with Gasteiger partial charge in [-0.05, 0) is 42.0 Å². The average molecular weight is 284 g/mol. The van der Waals surface area contributed by atoms with Gasteiger partial charge in [0.1, 0.15) is 5.82 Å². The standard InChI is InChI=1S/C16H13FN2S/c17-14-3-7-16(8-4-14)20-11-13-1-5-15(6-2-13)19-10-9-18-12-19/h1-10,12H,11H2. The van der Waals surface area contributed by atoms with Crippen LogP contribution in [0.2, 0.25) is 0 Å². The second-order valence-electron chi connectivity index (χ2n) is 4.38. The Bertz CT molecular complexity index is 661. The lowest BCUT2D eigenvalue weighted by Crippen LogP contribution is -1.90. The van der Waals surface area contributed by atoms with Crippen molar-refractivity contribution in [2.45, 2.75) is 10.6 Å². The maximum atomic E-state index is 12.8. The first-order valence-corrected chi connectivity index (χ1v) is 7.25. The highest BCUT2D eigenvalue weighted by Crippen LogP contribution is 2.23. The molecule has 0 saturated heterocycles. The van der Waals surface area contributed by atoms with Crippen molar-refractivity contribution in [2.24, 2.45) is 0 Å². The predicted molar refractivity (Wildman–Crippen MR) is 79.5 cm³/mol. The molecule has 0 radical (unpaired) electrons. The molecule has 2 nitrogen and oxygen atoms in total. The van der Waals surface area contributed by atoms with E-state index in [1.165, 1.54) is 17.7 Å². The minimum Gasteiger partial charge on any atom is -0.306 e. The van der Waals surface area contributed by atoms with Crippen molar-refractivity contribution in [2.75, 3.05) is 0 Å². The molecule has 0 bridgehead atoms. The van der Waals surface area contributed by atoms with E-state index < -0.39 is 0 Å². The highest BCUT2D eigenvalue weighted by molar-refractivity contribution is 7.98. The van der Waals surface area contributed by atoms with Gasteiger partial charge in [-0.1, -0.05) is 12.1 Å². The topological polar surface area (TPSA) is 17.8 Å². The molecule has 0 aliphatic heterocycles. The lowest BCUT2D eigenvalue weighted by atomic mass is 10.2. The quantitative estimate of drug-likeness (QED) is 0.665. The Morgan fingerprint density at radius 1 is 1.00 bits per heavy atom. The van der Waals surface area contributed by atoms with Gasteiger partial charge in [0.05, 0.1) is 6.33 Å². The summed E-state index contributed by atoms with van der Waals surface area (Å²) >= 11 is 1.70. The van der Waals surface area contributed by atoms with Crippen LogP contribution in [0.3, 0.4) is 0 Å². The second kappa shape index (κ2) is 5.92. The molecule has 0 aliphatic rings. The molecule has 0 fully saturated rings. The van der Waals surface area contributed by atoms with Crippen molar-refractivity contribution in [3.05, 3.63) is 78.6 Å². The Morgan fingerprint density at radius 3 is 2.40 bits per heavy atom. The average Bonchev–Trinajstić information content (AvgIpc) is 3.01. The van der Waals surface area contributed by atoms with E-state index in [0.29, 0.717) is 0 Å². The number of hydrogen-bond donors (Lipinski definition) is 0. The Labute approximate surface area is 121 Å². The first-order valence-electron chi connectivity index (χ1n) is 6.27. The van der Waals surface area contributed by atoms with Gasteiger partial charge in [-0.3, -0.25) is 0 Å². The smallest absolute Gasteiger partial charge is 0.123 e. The van der Waals surface area contributed by atoms with Crippen molar-refractivity contribution in [3.8, 4) is 5.69 Å². The summed E-state index contributed by atoms with van der Waals surface area (Å²) in [6, 6.07) is 14.9. The van der Waals surface area contributed by atoms with Gasteiger partial charge in [0, 0.05) is 28.7 Å². The largest absolute Gasteiger partial charge is 0.306 e. The van der Waals surface area contributed by atoms with Gasteiger partial charge in [-0.25, -0.2) is 9.37 Å². The Morgan fingerprint density at radius 2 is 1.75 bits per heavy atom. The third kappa shape index (κ3) is 3.08. The molecule has 3 rings (SSSR count). The van der Waals surface area contributed by atoms with Crippen LogP contribution in [-0.2, 0) is 5.75 Å². The number of imidazole rings is 1. The van der Waals surface area contributed by atoms with Crippen LogP contribution in [0, 0.1) is 5.82 Å². The van der Waals surface area contributed by atoms with Gasteiger partial charge >= 0.3 is 0 Å². The maximum Gasteiger partial charge on any atom is 0.123 e. The first-order chi connectivity index (χ1) is 9.81. The van der Waals surface area contributed by atoms with Gasteiger partial charge < -0.3 is 4.57 Å². The van der Waals surface area contributed by atoms with E-state index in [0.717, 1.165) is 16.3 Å². The number of thioether (sulfide) groups is 1. The van der Waals surface area contributed by atoms with Crippen LogP contribution in [0.15, 0.2) is 72.1 Å². The van der Waals surface area contributed by atoms with E-state index in [9.17, 15) is 4.39 Å². The van der Waals surface area contributed by atoms with Crippen molar-refractivity contribution in [3.63, 3.8) is 0 Å². The molecule has 0 atom stereocenters. The minimum absolute atomic E-state index is 0.195. The van der Waals surface area contributed by atoms with Gasteiger partial charge in [0.25, 0.3) is 0 Å². The van der Waals surface area contributed by atoms with Crippen molar-refractivity contribution >= 4 is 11.8 Å². The van der Waals surface area contributed by atoms with Crippen LogP contribution < -0.4 is 0 Å². The summed E-state index contributed by atoms with van der Waals surface area (Å²) in [4.78, 5) is 5.11. The zero-order valence-electron chi connectivity index (χ0n) is 10.7. The second-order valence-corrected chi connectivity index (χ2v) is 5.43. The number of rotatable bonds is 4. The first kappa shape index (κ1) is 12.9. The lowest BCUT2D eigenvalue weighted by molar-refractivity contribution is 0.626. The van der Waals surface area contributed by atoms with Gasteiger partial charge in [0.15, 0.2) is 0 Å². The molecule has 100 valence electrons. The SMILES string of the molecule is Fc1ccc(SCc2ccc(-n3ccnc3)cc2)cc1. The van der Waals surface area contributed by atoms with Crippen LogP contribution in [0.4, 0.5) is 4.39 Å². The molecule has 0 saturated carbocycles. The summed E-state index contributed by atoms with van der Waals surface area (Å²) in [5, 5.41) is 0. The van der Waals surface area contributed by atoms with Gasteiger partial charge in [-0.2, -0.15) is 0 Å². The third-order valence-electron chi connectivity index (χ3n) is 2.96. The fourth-order valence-electron chi connectivity index (χ4n) is 1.87. The summed E-state index contributed by atoms with van der Waals surface area (Å²) in [6.07, 6.45) is 5.46. The van der Waals surface area contributed by atoms with Gasteiger partial charge in [-0.15, -0.1) is 11.8 Å². The number of aromatic nitrogens is 2. The number of benzene rings is 2. The van der Waals surface area contributed by atoms with Crippen LogP contribution in [0.5, 0.6) is 0 Å². The zero-order chi connectivity index (χ0) is 13.8. The minimum atomic E-state index is -0.195. The molecule has 3 aromatic rings. The monoisotopic (exact) mass is 284 g/mol. The fraction of sp³-hybridized carbons (Fsp3) is 0.0625. The third-order valence-corrected chi connectivity index (χ3v) is 4.04. The molecule has 0 aliphatic carbocycles. The molecule has 1 heterocycles. The van der Waals surface area contributed by atoms with Crippen LogP contribution >= 0.6 is 11.8 Å². The van der Waals surface area contributed by atoms with Gasteiger partial charge in [0.2, 0.25) is 0 Å². The molecule has 4 heteroatoms. The normalized spacial score (nSPS) is 10.7. The number of halogens is 1. The summed E-state index contributed by atoms with van der Waals surface area (Å²) in [5.74, 6) is 0.676. The molecule has 0 N–H and O–H groups in total. The molecule has 2 aromatic carbocycles. The van der Waals surface area contributed by atoms with Crippen molar-refractivity contribution < 1.29 is 4.39 Å². The number of nitrogens with zero attached hydrogens (tertiary/aromatic N) is 2. The summed E-state index contributed by atoms with van der Waals surface area (Å²) in [7, 11) is 0. The van der Waals surface area contributed by atoms with E-state index in [-0.39, 0.29) is 5.82 Å². The van der Waals surface area contributed by atoms with E-state index in [2.05, 4.69) is 29.2 Å². The highest BCUT2D eigenvalue weighted by atomic mass is 32.2. The summed E-state index contributed by atoms with van der Waals surface area (Å²) < 4.78 is 14.8. The fourth-order valence-corrected chi connectivity index (χ4v) is 2.73. The van der Waals surface area contributed by atoms with Crippen LogP contribution in [0.1, 0.15) is 5.56 Å². The maximum absolute atomic E-state index is 12.8. The molecule has 20 heavy (non-hydrogen) atoms. The molecule has 1 aromatic heterocycles. The Kier molecular flexibility index (Phi) is 3.83. The Balaban J connectivity index is 1.65.